The Labute approximate surface area is 198 Å². The van der Waals surface area contributed by atoms with Crippen LogP contribution < -0.4 is 5.32 Å². The first-order chi connectivity index (χ1) is 16.8. The highest BCUT2D eigenvalue weighted by molar-refractivity contribution is 6.04. The number of carbonyl (C=O) groups excluding carboxylic acids is 2. The van der Waals surface area contributed by atoms with Crippen molar-refractivity contribution in [1.82, 2.24) is 0 Å². The van der Waals surface area contributed by atoms with E-state index in [1.807, 2.05) is 0 Å². The summed E-state index contributed by atoms with van der Waals surface area (Å²) in [6.45, 7) is 0. The number of alkyl halides is 6. The first-order valence-corrected chi connectivity index (χ1v) is 9.84. The number of nitro groups is 1. The van der Waals surface area contributed by atoms with E-state index < -0.39 is 51.6 Å². The fourth-order valence-corrected chi connectivity index (χ4v) is 3.19. The molecule has 0 spiro atoms. The number of amides is 1. The summed E-state index contributed by atoms with van der Waals surface area (Å²) in [6, 6.07) is 12.6. The van der Waals surface area contributed by atoms with Gasteiger partial charge in [0.05, 0.1) is 10.5 Å². The van der Waals surface area contributed by atoms with E-state index in [2.05, 4.69) is 10.1 Å². The molecule has 0 unspecified atom stereocenters. The van der Waals surface area contributed by atoms with E-state index >= 15 is 0 Å². The van der Waals surface area contributed by atoms with Gasteiger partial charge in [0.15, 0.2) is 0 Å². The molecular weight excluding hydrogens is 498 g/mol. The number of hydrogen-bond donors (Lipinski definition) is 1. The molecule has 36 heavy (non-hydrogen) atoms. The van der Waals surface area contributed by atoms with Crippen molar-refractivity contribution >= 4 is 23.3 Å². The number of halogens is 6. The highest BCUT2D eigenvalue weighted by atomic mass is 19.4. The summed E-state index contributed by atoms with van der Waals surface area (Å²) >= 11 is 0. The van der Waals surface area contributed by atoms with Crippen LogP contribution in [-0.2, 0) is 10.3 Å². The minimum Gasteiger partial charge on any atom is -0.431 e. The van der Waals surface area contributed by atoms with Gasteiger partial charge in [-0.05, 0) is 30.3 Å². The Balaban J connectivity index is 1.96. The fraction of sp³-hybridized carbons (Fsp3) is 0.130. The molecule has 0 aromatic heterocycles. The number of nitro benzene ring substituents is 1. The summed E-state index contributed by atoms with van der Waals surface area (Å²) in [6.07, 6.45) is -12.2. The van der Waals surface area contributed by atoms with Crippen LogP contribution >= 0.6 is 0 Å². The molecule has 0 saturated carbocycles. The van der Waals surface area contributed by atoms with Crippen molar-refractivity contribution in [3.05, 3.63) is 106 Å². The van der Waals surface area contributed by atoms with Crippen LogP contribution in [0.15, 0.2) is 78.9 Å². The van der Waals surface area contributed by atoms with Crippen LogP contribution in [0.25, 0.3) is 0 Å². The molecule has 0 atom stereocenters. The number of nitrogens with one attached hydrogen (secondary N) is 1. The summed E-state index contributed by atoms with van der Waals surface area (Å²) in [5.41, 5.74) is -7.79. The van der Waals surface area contributed by atoms with Crippen LogP contribution in [-0.4, -0.2) is 29.2 Å². The second-order valence-corrected chi connectivity index (χ2v) is 7.27. The van der Waals surface area contributed by atoms with Gasteiger partial charge in [-0.1, -0.05) is 36.4 Å². The minimum atomic E-state index is -6.11. The van der Waals surface area contributed by atoms with Crippen LogP contribution in [0.1, 0.15) is 26.3 Å². The maximum Gasteiger partial charge on any atom is 0.442 e. The second-order valence-electron chi connectivity index (χ2n) is 7.27. The van der Waals surface area contributed by atoms with Gasteiger partial charge in [0.1, 0.15) is 0 Å². The van der Waals surface area contributed by atoms with Gasteiger partial charge in [-0.2, -0.15) is 26.3 Å². The van der Waals surface area contributed by atoms with Crippen molar-refractivity contribution in [3.63, 3.8) is 0 Å². The number of carbonyl (C=O) groups is 2. The van der Waals surface area contributed by atoms with Gasteiger partial charge in [-0.25, -0.2) is 4.79 Å². The SMILES string of the molecule is O=C(Nc1ccc(C(OC(=O)c2ccccc2)(C(F)(F)F)C(F)(F)F)cc1)c1cccc([N+](=O)[O-])c1. The monoisotopic (exact) mass is 512 g/mol. The van der Waals surface area contributed by atoms with Crippen molar-refractivity contribution < 1.29 is 45.6 Å². The fourth-order valence-electron chi connectivity index (χ4n) is 3.19. The zero-order valence-corrected chi connectivity index (χ0v) is 17.8. The Morgan fingerprint density at radius 3 is 1.86 bits per heavy atom. The van der Waals surface area contributed by atoms with Crippen LogP contribution in [0.4, 0.5) is 37.7 Å². The van der Waals surface area contributed by atoms with E-state index in [9.17, 15) is 46.0 Å². The van der Waals surface area contributed by atoms with Crippen LogP contribution in [0.5, 0.6) is 0 Å². The van der Waals surface area contributed by atoms with E-state index in [1.165, 1.54) is 30.3 Å². The van der Waals surface area contributed by atoms with E-state index in [-0.39, 0.29) is 11.3 Å². The third kappa shape index (κ3) is 5.14. The lowest BCUT2D eigenvalue weighted by atomic mass is 9.91. The molecule has 188 valence electrons. The topological polar surface area (TPSA) is 98.5 Å². The number of rotatable bonds is 6. The molecule has 3 aromatic carbocycles. The molecule has 7 nitrogen and oxygen atoms in total. The number of esters is 1. The standard InChI is InChI=1S/C23H14F6N2O5/c24-22(25,26)21(23(27,28)29,36-20(33)14-5-2-1-3-6-14)16-9-11-17(12-10-16)30-19(32)15-7-4-8-18(13-15)31(34)35/h1-13H,(H,30,32). The van der Waals surface area contributed by atoms with Crippen molar-refractivity contribution in [3.8, 4) is 0 Å². The zero-order valence-electron chi connectivity index (χ0n) is 17.8. The molecule has 0 bridgehead atoms. The quantitative estimate of drug-likeness (QED) is 0.188. The van der Waals surface area contributed by atoms with Gasteiger partial charge >= 0.3 is 23.9 Å². The molecule has 1 N–H and O–H groups in total. The zero-order chi connectivity index (χ0) is 26.7. The molecule has 0 saturated heterocycles. The number of non-ortho nitro benzene ring substituents is 1. The second kappa shape index (κ2) is 9.68. The lowest BCUT2D eigenvalue weighted by Crippen LogP contribution is -2.56. The molecular formula is C23H14F6N2O5. The Bertz CT molecular complexity index is 1260. The van der Waals surface area contributed by atoms with Crippen LogP contribution in [0, 0.1) is 10.1 Å². The van der Waals surface area contributed by atoms with Gasteiger partial charge in [0.2, 0.25) is 0 Å². The third-order valence-electron chi connectivity index (χ3n) is 4.92. The molecule has 0 fully saturated rings. The predicted molar refractivity (Wildman–Crippen MR) is 113 cm³/mol. The highest BCUT2D eigenvalue weighted by Crippen LogP contribution is 2.53. The number of nitrogens with zero attached hydrogens (tertiary/aromatic N) is 1. The number of benzene rings is 3. The minimum absolute atomic E-state index is 0.176. The summed E-state index contributed by atoms with van der Waals surface area (Å²) < 4.78 is 87.8. The Morgan fingerprint density at radius 2 is 1.33 bits per heavy atom. The summed E-state index contributed by atoms with van der Waals surface area (Å²) in [7, 11) is 0. The van der Waals surface area contributed by atoms with Crippen molar-refractivity contribution in [2.24, 2.45) is 0 Å². The Morgan fingerprint density at radius 1 is 0.778 bits per heavy atom. The molecule has 0 aliphatic heterocycles. The van der Waals surface area contributed by atoms with Gasteiger partial charge in [0, 0.05) is 28.9 Å². The largest absolute Gasteiger partial charge is 0.442 e. The average Bonchev–Trinajstić information content (AvgIpc) is 2.82. The third-order valence-corrected chi connectivity index (χ3v) is 4.92. The lowest BCUT2D eigenvalue weighted by molar-refractivity contribution is -0.384. The molecule has 0 heterocycles. The number of hydrogen-bond acceptors (Lipinski definition) is 5. The molecule has 0 radical (unpaired) electrons. The molecule has 0 aliphatic carbocycles. The van der Waals surface area contributed by atoms with Crippen molar-refractivity contribution in [2.75, 3.05) is 5.32 Å². The van der Waals surface area contributed by atoms with Crippen molar-refractivity contribution in [1.29, 1.82) is 0 Å². The molecule has 3 aromatic rings. The van der Waals surface area contributed by atoms with E-state index in [0.717, 1.165) is 36.4 Å². The molecule has 3 rings (SSSR count). The molecule has 13 heteroatoms. The maximum absolute atomic E-state index is 13.9. The lowest BCUT2D eigenvalue weighted by Gasteiger charge is -2.36. The molecule has 1 amide bonds. The summed E-state index contributed by atoms with van der Waals surface area (Å²) in [5, 5.41) is 13.1. The van der Waals surface area contributed by atoms with Gasteiger partial charge in [-0.3, -0.25) is 14.9 Å². The first-order valence-electron chi connectivity index (χ1n) is 9.84. The maximum atomic E-state index is 13.9. The average molecular weight is 512 g/mol. The first kappa shape index (κ1) is 26.2. The smallest absolute Gasteiger partial charge is 0.431 e. The van der Waals surface area contributed by atoms with Crippen molar-refractivity contribution in [2.45, 2.75) is 18.0 Å². The van der Waals surface area contributed by atoms with Gasteiger partial charge in [0.25, 0.3) is 11.6 Å². The van der Waals surface area contributed by atoms with Crippen LogP contribution in [0.3, 0.4) is 0 Å². The van der Waals surface area contributed by atoms with Crippen LogP contribution in [0.2, 0.25) is 0 Å². The normalized spacial score (nSPS) is 12.1. The van der Waals surface area contributed by atoms with E-state index in [0.29, 0.717) is 12.1 Å². The Kier molecular flexibility index (Phi) is 7.04. The van der Waals surface area contributed by atoms with Gasteiger partial charge < -0.3 is 10.1 Å². The van der Waals surface area contributed by atoms with E-state index in [4.69, 9.17) is 0 Å². The Hall–Kier alpha value is -4.42. The number of anilines is 1. The molecule has 0 aliphatic rings. The van der Waals surface area contributed by atoms with Gasteiger partial charge in [-0.15, -0.1) is 0 Å². The van der Waals surface area contributed by atoms with E-state index in [1.54, 1.807) is 0 Å². The number of ether oxygens (including phenoxy) is 1. The highest BCUT2D eigenvalue weighted by Gasteiger charge is 2.75. The summed E-state index contributed by atoms with van der Waals surface area (Å²) in [5.74, 6) is -2.76. The summed E-state index contributed by atoms with van der Waals surface area (Å²) in [4.78, 5) is 34.7. The predicted octanol–water partition coefficient (Wildman–Crippen LogP) is 6.02.